The quantitative estimate of drug-likeness (QED) is 0.819. The lowest BCUT2D eigenvalue weighted by Crippen LogP contribution is -2.33. The predicted octanol–water partition coefficient (Wildman–Crippen LogP) is 4.48. The maximum atomic E-state index is 9.20. The van der Waals surface area contributed by atoms with Crippen LogP contribution in [0.25, 0.3) is 0 Å². The van der Waals surface area contributed by atoms with Crippen LogP contribution in [0.1, 0.15) is 31.7 Å². The third kappa shape index (κ3) is 3.58. The standard InChI is InChI=1S/C17H18ClN3O2S/c1-2-22-14-7-3-4-8-15(14)23-13-9-5-6-12(13)20-17-11(10-19)16(18)21-24-17/h3-4,7-8,12-13,20H,2,5-6,9H2,1H3/t12-,13-/m0/s1. The van der Waals surface area contributed by atoms with E-state index in [-0.39, 0.29) is 17.3 Å². The molecule has 1 aromatic carbocycles. The third-order valence-corrected chi connectivity index (χ3v) is 5.11. The lowest BCUT2D eigenvalue weighted by atomic mass is 10.2. The number of anilines is 1. The Balaban J connectivity index is 1.73. The third-order valence-electron chi connectivity index (χ3n) is 3.96. The summed E-state index contributed by atoms with van der Waals surface area (Å²) in [6.07, 6.45) is 3.00. The molecule has 0 aliphatic heterocycles. The number of rotatable bonds is 6. The molecule has 1 heterocycles. The molecule has 1 aliphatic carbocycles. The molecule has 0 radical (unpaired) electrons. The van der Waals surface area contributed by atoms with Crippen LogP contribution >= 0.6 is 23.1 Å². The first-order chi connectivity index (χ1) is 11.7. The molecule has 5 nitrogen and oxygen atoms in total. The van der Waals surface area contributed by atoms with E-state index < -0.39 is 0 Å². The Kier molecular flexibility index (Phi) is 5.44. The molecule has 1 N–H and O–H groups in total. The summed E-state index contributed by atoms with van der Waals surface area (Å²) in [4.78, 5) is 0. The Morgan fingerprint density at radius 1 is 1.38 bits per heavy atom. The van der Waals surface area contributed by atoms with E-state index in [1.54, 1.807) is 0 Å². The Hall–Kier alpha value is -1.97. The van der Waals surface area contributed by atoms with E-state index in [2.05, 4.69) is 15.8 Å². The molecule has 126 valence electrons. The van der Waals surface area contributed by atoms with Crippen LogP contribution in [-0.4, -0.2) is 23.1 Å². The second kappa shape index (κ2) is 7.73. The van der Waals surface area contributed by atoms with Crippen molar-refractivity contribution in [1.82, 2.24) is 4.37 Å². The number of hydrogen-bond acceptors (Lipinski definition) is 6. The van der Waals surface area contributed by atoms with Gasteiger partial charge in [0.25, 0.3) is 0 Å². The van der Waals surface area contributed by atoms with Crippen LogP contribution in [0.2, 0.25) is 5.15 Å². The zero-order valence-corrected chi connectivity index (χ0v) is 14.9. The van der Waals surface area contributed by atoms with Crippen LogP contribution in [0.3, 0.4) is 0 Å². The van der Waals surface area contributed by atoms with Crippen molar-refractivity contribution in [3.05, 3.63) is 35.0 Å². The summed E-state index contributed by atoms with van der Waals surface area (Å²) >= 11 is 7.15. The van der Waals surface area contributed by atoms with Gasteiger partial charge in [0.05, 0.1) is 12.6 Å². The first-order valence-electron chi connectivity index (χ1n) is 7.93. The zero-order valence-electron chi connectivity index (χ0n) is 13.3. The highest BCUT2D eigenvalue weighted by atomic mass is 35.5. The number of benzene rings is 1. The highest BCUT2D eigenvalue weighted by Crippen LogP contribution is 2.35. The van der Waals surface area contributed by atoms with E-state index >= 15 is 0 Å². The minimum atomic E-state index is 0.0130. The normalized spacial score (nSPS) is 19.7. The first-order valence-corrected chi connectivity index (χ1v) is 9.08. The molecule has 2 atom stereocenters. The van der Waals surface area contributed by atoms with Crippen molar-refractivity contribution in [2.24, 2.45) is 0 Å². The molecule has 1 aliphatic rings. The largest absolute Gasteiger partial charge is 0.490 e. The number of nitriles is 1. The van der Waals surface area contributed by atoms with Crippen LogP contribution in [-0.2, 0) is 0 Å². The molecule has 0 spiro atoms. The van der Waals surface area contributed by atoms with E-state index in [4.69, 9.17) is 21.1 Å². The predicted molar refractivity (Wildman–Crippen MR) is 95.1 cm³/mol. The average molecular weight is 364 g/mol. The van der Waals surface area contributed by atoms with E-state index in [0.29, 0.717) is 17.2 Å². The summed E-state index contributed by atoms with van der Waals surface area (Å²) in [6.45, 7) is 2.55. The van der Waals surface area contributed by atoms with Crippen molar-refractivity contribution in [1.29, 1.82) is 5.26 Å². The van der Waals surface area contributed by atoms with Crippen LogP contribution in [0.5, 0.6) is 11.5 Å². The molecule has 0 amide bonds. The van der Waals surface area contributed by atoms with Gasteiger partial charge in [0, 0.05) is 0 Å². The van der Waals surface area contributed by atoms with Crippen LogP contribution in [0.15, 0.2) is 24.3 Å². The number of hydrogen-bond donors (Lipinski definition) is 1. The van der Waals surface area contributed by atoms with E-state index in [1.807, 2.05) is 31.2 Å². The summed E-state index contributed by atoms with van der Waals surface area (Å²) < 4.78 is 15.9. The maximum Gasteiger partial charge on any atom is 0.162 e. The number of nitrogens with one attached hydrogen (secondary N) is 1. The van der Waals surface area contributed by atoms with Gasteiger partial charge in [0.1, 0.15) is 22.7 Å². The molecule has 2 aromatic rings. The van der Waals surface area contributed by atoms with E-state index in [0.717, 1.165) is 30.8 Å². The lowest BCUT2D eigenvalue weighted by Gasteiger charge is -2.23. The summed E-state index contributed by atoms with van der Waals surface area (Å²) in [6, 6.07) is 9.91. The monoisotopic (exact) mass is 363 g/mol. The van der Waals surface area contributed by atoms with Gasteiger partial charge in [-0.15, -0.1) is 0 Å². The summed E-state index contributed by atoms with van der Waals surface area (Å²) in [5, 5.41) is 13.6. The molecule has 0 bridgehead atoms. The second-order valence-electron chi connectivity index (χ2n) is 5.51. The molecule has 3 rings (SSSR count). The average Bonchev–Trinajstić information content (AvgIpc) is 3.16. The molecule has 0 saturated heterocycles. The molecule has 1 saturated carbocycles. The van der Waals surface area contributed by atoms with Gasteiger partial charge in [0.2, 0.25) is 0 Å². The molecular weight excluding hydrogens is 346 g/mol. The van der Waals surface area contributed by atoms with Gasteiger partial charge in [-0.25, -0.2) is 0 Å². The fraction of sp³-hybridized carbons (Fsp3) is 0.412. The van der Waals surface area contributed by atoms with E-state index in [1.165, 1.54) is 11.5 Å². The first kappa shape index (κ1) is 16.9. The topological polar surface area (TPSA) is 67.2 Å². The molecular formula is C17H18ClN3O2S. The van der Waals surface area contributed by atoms with Gasteiger partial charge in [-0.2, -0.15) is 9.64 Å². The molecule has 24 heavy (non-hydrogen) atoms. The van der Waals surface area contributed by atoms with Gasteiger partial charge in [-0.3, -0.25) is 0 Å². The minimum Gasteiger partial charge on any atom is -0.490 e. The van der Waals surface area contributed by atoms with Crippen LogP contribution < -0.4 is 14.8 Å². The van der Waals surface area contributed by atoms with Crippen molar-refractivity contribution in [2.75, 3.05) is 11.9 Å². The molecule has 1 aromatic heterocycles. The minimum absolute atomic E-state index is 0.0130. The van der Waals surface area contributed by atoms with Gasteiger partial charge in [-0.1, -0.05) is 23.7 Å². The number of ether oxygens (including phenoxy) is 2. The summed E-state index contributed by atoms with van der Waals surface area (Å²) in [7, 11) is 0. The number of nitrogens with zero attached hydrogens (tertiary/aromatic N) is 2. The highest BCUT2D eigenvalue weighted by Gasteiger charge is 2.31. The Labute approximate surface area is 150 Å². The number of halogens is 1. The fourth-order valence-electron chi connectivity index (χ4n) is 2.85. The summed E-state index contributed by atoms with van der Waals surface area (Å²) in [5.41, 5.74) is 0.405. The number of aromatic nitrogens is 1. The molecule has 1 fully saturated rings. The van der Waals surface area contributed by atoms with Gasteiger partial charge < -0.3 is 14.8 Å². The lowest BCUT2D eigenvalue weighted by molar-refractivity contribution is 0.187. The molecule has 0 unspecified atom stereocenters. The van der Waals surface area contributed by atoms with Gasteiger partial charge in [-0.05, 0) is 49.9 Å². The van der Waals surface area contributed by atoms with Crippen molar-refractivity contribution in [2.45, 2.75) is 38.3 Å². The SMILES string of the molecule is CCOc1ccccc1O[C@H]1CCC[C@@H]1Nc1snc(Cl)c1C#N. The highest BCUT2D eigenvalue weighted by molar-refractivity contribution is 7.10. The number of para-hydroxylation sites is 2. The Morgan fingerprint density at radius 2 is 2.17 bits per heavy atom. The van der Waals surface area contributed by atoms with Crippen LogP contribution in [0, 0.1) is 11.3 Å². The Morgan fingerprint density at radius 3 is 2.92 bits per heavy atom. The smallest absolute Gasteiger partial charge is 0.162 e. The van der Waals surface area contributed by atoms with Gasteiger partial charge in [0.15, 0.2) is 16.7 Å². The van der Waals surface area contributed by atoms with Crippen molar-refractivity contribution in [3.63, 3.8) is 0 Å². The van der Waals surface area contributed by atoms with E-state index in [9.17, 15) is 5.26 Å². The van der Waals surface area contributed by atoms with Crippen molar-refractivity contribution in [3.8, 4) is 17.6 Å². The van der Waals surface area contributed by atoms with Gasteiger partial charge >= 0.3 is 0 Å². The molecule has 7 heteroatoms. The van der Waals surface area contributed by atoms with Crippen molar-refractivity contribution >= 4 is 28.1 Å². The second-order valence-corrected chi connectivity index (χ2v) is 6.64. The van der Waals surface area contributed by atoms with Crippen molar-refractivity contribution < 1.29 is 9.47 Å². The maximum absolute atomic E-state index is 9.20. The summed E-state index contributed by atoms with van der Waals surface area (Å²) in [5.74, 6) is 1.50. The zero-order chi connectivity index (χ0) is 16.9. The Bertz CT molecular complexity index is 744. The van der Waals surface area contributed by atoms with Crippen LogP contribution in [0.4, 0.5) is 5.00 Å². The fourth-order valence-corrected chi connectivity index (χ4v) is 3.85.